The number of piperidine rings is 1. The minimum atomic E-state index is -0.218. The van der Waals surface area contributed by atoms with Crippen molar-refractivity contribution in [1.29, 1.82) is 0 Å². The minimum absolute atomic E-state index is 0.218. The van der Waals surface area contributed by atoms with Crippen molar-refractivity contribution >= 4 is 39.2 Å². The van der Waals surface area contributed by atoms with Crippen molar-refractivity contribution in [2.45, 2.75) is 12.8 Å². The van der Waals surface area contributed by atoms with E-state index in [0.29, 0.717) is 28.0 Å². The zero-order chi connectivity index (χ0) is 19.8. The van der Waals surface area contributed by atoms with E-state index in [-0.39, 0.29) is 5.56 Å². The maximum Gasteiger partial charge on any atom is 0.261 e. The Morgan fingerprint density at radius 2 is 2.10 bits per heavy atom. The highest BCUT2D eigenvalue weighted by Gasteiger charge is 2.20. The number of pyridine rings is 2. The fourth-order valence-electron chi connectivity index (χ4n) is 3.99. The largest absolute Gasteiger partial charge is 0.383 e. The number of rotatable bonds is 4. The quantitative estimate of drug-likeness (QED) is 0.387. The van der Waals surface area contributed by atoms with E-state index in [9.17, 15) is 4.79 Å². The normalized spacial score (nSPS) is 17.1. The first-order valence-electron chi connectivity index (χ1n) is 9.80. The topological polar surface area (TPSA) is 98.5 Å². The lowest BCUT2D eigenvalue weighted by Crippen LogP contribution is -2.33. The third kappa shape index (κ3) is 3.47. The Kier molecular flexibility index (Phi) is 4.69. The molecule has 0 bridgehead atoms. The monoisotopic (exact) mass is 408 g/mol. The van der Waals surface area contributed by atoms with Gasteiger partial charge in [-0.3, -0.25) is 4.79 Å². The molecule has 148 valence electrons. The fraction of sp³-hybridized carbons (Fsp3) is 0.286. The van der Waals surface area contributed by atoms with Gasteiger partial charge < -0.3 is 20.6 Å². The molecule has 0 saturated carbocycles. The summed E-state index contributed by atoms with van der Waals surface area (Å²) in [5.74, 6) is 1.03. The highest BCUT2D eigenvalue weighted by molar-refractivity contribution is 6.30. The van der Waals surface area contributed by atoms with Crippen LogP contribution in [0.25, 0.3) is 33.3 Å². The van der Waals surface area contributed by atoms with Crippen LogP contribution in [0.5, 0.6) is 0 Å². The number of benzene rings is 1. The van der Waals surface area contributed by atoms with Crippen LogP contribution in [0, 0.1) is 5.92 Å². The second-order valence-electron chi connectivity index (χ2n) is 7.45. The van der Waals surface area contributed by atoms with Crippen molar-refractivity contribution in [1.82, 2.24) is 25.3 Å². The predicted molar refractivity (Wildman–Crippen MR) is 117 cm³/mol. The molecule has 0 radical (unpaired) electrons. The van der Waals surface area contributed by atoms with E-state index < -0.39 is 0 Å². The maximum absolute atomic E-state index is 13.0. The summed E-state index contributed by atoms with van der Waals surface area (Å²) >= 11 is 6.18. The lowest BCUT2D eigenvalue weighted by molar-refractivity contribution is 0.393. The van der Waals surface area contributed by atoms with Crippen LogP contribution in [0.4, 0.5) is 5.69 Å². The number of anilines is 1. The number of para-hydroxylation sites is 2. The molecule has 1 unspecified atom stereocenters. The Hall–Kier alpha value is -2.90. The van der Waals surface area contributed by atoms with Crippen LogP contribution in [0.2, 0.25) is 5.15 Å². The molecule has 1 aliphatic rings. The van der Waals surface area contributed by atoms with Crippen molar-refractivity contribution in [2.75, 3.05) is 25.0 Å². The van der Waals surface area contributed by atoms with E-state index in [1.165, 1.54) is 0 Å². The van der Waals surface area contributed by atoms with Crippen molar-refractivity contribution in [2.24, 2.45) is 5.92 Å². The zero-order valence-electron chi connectivity index (χ0n) is 15.8. The van der Waals surface area contributed by atoms with E-state index in [2.05, 4.69) is 30.6 Å². The summed E-state index contributed by atoms with van der Waals surface area (Å²) in [5, 5.41) is 8.17. The second kappa shape index (κ2) is 7.50. The maximum atomic E-state index is 13.0. The Labute approximate surface area is 171 Å². The number of nitrogens with one attached hydrogen (secondary N) is 4. The average Bonchev–Trinajstić information content (AvgIpc) is 3.16. The molecule has 1 fully saturated rings. The molecule has 0 amide bonds. The summed E-state index contributed by atoms with van der Waals surface area (Å²) in [6.45, 7) is 2.80. The van der Waals surface area contributed by atoms with Gasteiger partial charge in [0.15, 0.2) is 0 Å². The van der Waals surface area contributed by atoms with Crippen molar-refractivity contribution in [3.05, 3.63) is 52.0 Å². The van der Waals surface area contributed by atoms with Crippen LogP contribution in [-0.2, 0) is 0 Å². The summed E-state index contributed by atoms with van der Waals surface area (Å²) < 4.78 is 0. The van der Waals surface area contributed by atoms with Crippen LogP contribution < -0.4 is 16.2 Å². The molecule has 7 nitrogen and oxygen atoms in total. The van der Waals surface area contributed by atoms with Gasteiger partial charge in [0.2, 0.25) is 0 Å². The van der Waals surface area contributed by atoms with E-state index in [1.807, 2.05) is 24.3 Å². The highest BCUT2D eigenvalue weighted by Crippen LogP contribution is 2.32. The number of hydrogen-bond acceptors (Lipinski definition) is 5. The SMILES string of the molecule is O=c1[nH]c2cnc(Cl)cc2c(NCC2CCCNC2)c1-c1nc2ccccc2[nH]1. The minimum Gasteiger partial charge on any atom is -0.383 e. The van der Waals surface area contributed by atoms with Gasteiger partial charge in [0.25, 0.3) is 5.56 Å². The first kappa shape index (κ1) is 18.1. The van der Waals surface area contributed by atoms with Gasteiger partial charge in [-0.15, -0.1) is 0 Å². The van der Waals surface area contributed by atoms with E-state index >= 15 is 0 Å². The number of aromatic nitrogens is 4. The molecular formula is C21H21ClN6O. The van der Waals surface area contributed by atoms with Gasteiger partial charge in [-0.2, -0.15) is 0 Å². The van der Waals surface area contributed by atoms with Gasteiger partial charge >= 0.3 is 0 Å². The molecule has 3 aromatic heterocycles. The number of aromatic amines is 2. The molecule has 4 heterocycles. The summed E-state index contributed by atoms with van der Waals surface area (Å²) in [7, 11) is 0. The second-order valence-corrected chi connectivity index (χ2v) is 7.84. The molecule has 4 N–H and O–H groups in total. The van der Waals surface area contributed by atoms with Crippen molar-refractivity contribution < 1.29 is 0 Å². The molecule has 8 heteroatoms. The Morgan fingerprint density at radius 3 is 2.93 bits per heavy atom. The molecule has 1 aliphatic heterocycles. The molecular weight excluding hydrogens is 388 g/mol. The number of fused-ring (bicyclic) bond motifs is 2. The summed E-state index contributed by atoms with van der Waals surface area (Å²) in [4.78, 5) is 28.0. The molecule has 0 spiro atoms. The molecule has 29 heavy (non-hydrogen) atoms. The van der Waals surface area contributed by atoms with Crippen LogP contribution in [0.3, 0.4) is 0 Å². The third-order valence-electron chi connectivity index (χ3n) is 5.46. The highest BCUT2D eigenvalue weighted by atomic mass is 35.5. The summed E-state index contributed by atoms with van der Waals surface area (Å²) in [6, 6.07) is 9.52. The van der Waals surface area contributed by atoms with E-state index in [4.69, 9.17) is 11.6 Å². The molecule has 5 rings (SSSR count). The Bertz CT molecular complexity index is 1210. The van der Waals surface area contributed by atoms with E-state index in [1.54, 1.807) is 12.3 Å². The summed E-state index contributed by atoms with van der Waals surface area (Å²) in [6.07, 6.45) is 3.91. The first-order chi connectivity index (χ1) is 14.2. The van der Waals surface area contributed by atoms with Crippen LogP contribution in [0.15, 0.2) is 41.3 Å². The van der Waals surface area contributed by atoms with Crippen LogP contribution in [0.1, 0.15) is 12.8 Å². The van der Waals surface area contributed by atoms with Gasteiger partial charge in [-0.25, -0.2) is 9.97 Å². The third-order valence-corrected chi connectivity index (χ3v) is 5.66. The van der Waals surface area contributed by atoms with Crippen LogP contribution in [-0.4, -0.2) is 39.6 Å². The molecule has 4 aromatic rings. The van der Waals surface area contributed by atoms with Gasteiger partial charge in [-0.05, 0) is 50.0 Å². The fourth-order valence-corrected chi connectivity index (χ4v) is 4.15. The molecule has 1 atom stereocenters. The van der Waals surface area contributed by atoms with Crippen molar-refractivity contribution in [3.63, 3.8) is 0 Å². The lowest BCUT2D eigenvalue weighted by atomic mass is 9.99. The van der Waals surface area contributed by atoms with Gasteiger partial charge in [0.1, 0.15) is 16.5 Å². The van der Waals surface area contributed by atoms with Crippen LogP contribution >= 0.6 is 11.6 Å². The molecule has 1 aromatic carbocycles. The Balaban J connectivity index is 1.66. The standard InChI is InChI=1S/C21H21ClN6O/c22-17-8-13-16(11-24-17)28-21(29)18(19(13)25-10-12-4-3-7-23-9-12)20-26-14-5-1-2-6-15(14)27-20/h1-2,5-6,8,11-12,23H,3-4,7,9-10H2,(H,26,27)(H2,25,28,29). The van der Waals surface area contributed by atoms with E-state index in [0.717, 1.165) is 54.6 Å². The van der Waals surface area contributed by atoms with Gasteiger partial charge in [0.05, 0.1) is 28.4 Å². The smallest absolute Gasteiger partial charge is 0.261 e. The zero-order valence-corrected chi connectivity index (χ0v) is 16.5. The summed E-state index contributed by atoms with van der Waals surface area (Å²) in [5.41, 5.74) is 3.35. The lowest BCUT2D eigenvalue weighted by Gasteiger charge is -2.24. The number of nitrogens with zero attached hydrogens (tertiary/aromatic N) is 2. The Morgan fingerprint density at radius 1 is 1.21 bits per heavy atom. The number of imidazole rings is 1. The molecule has 1 saturated heterocycles. The first-order valence-corrected chi connectivity index (χ1v) is 10.2. The molecule has 0 aliphatic carbocycles. The van der Waals surface area contributed by atoms with Gasteiger partial charge in [0, 0.05) is 11.9 Å². The average molecular weight is 409 g/mol. The van der Waals surface area contributed by atoms with Crippen molar-refractivity contribution in [3.8, 4) is 11.4 Å². The number of H-pyrrole nitrogens is 2. The predicted octanol–water partition coefficient (Wildman–Crippen LogP) is 3.53. The number of halogens is 1. The van der Waals surface area contributed by atoms with Gasteiger partial charge in [-0.1, -0.05) is 23.7 Å². The number of hydrogen-bond donors (Lipinski definition) is 4.